The molecule has 1 N–H and O–H groups in total. The van der Waals surface area contributed by atoms with Crippen molar-refractivity contribution >= 4 is 11.6 Å². The molecule has 0 aromatic heterocycles. The van der Waals surface area contributed by atoms with Gasteiger partial charge in [-0.15, -0.1) is 0 Å². The maximum Gasteiger partial charge on any atom is 0.221 e. The highest BCUT2D eigenvalue weighted by Crippen LogP contribution is 2.57. The molecule has 1 amide bonds. The van der Waals surface area contributed by atoms with E-state index in [1.807, 2.05) is 19.1 Å². The van der Waals surface area contributed by atoms with Gasteiger partial charge in [-0.05, 0) is 61.1 Å². The molecule has 1 aliphatic carbocycles. The highest BCUT2D eigenvalue weighted by atomic mass is 19.1. The zero-order chi connectivity index (χ0) is 24.0. The van der Waals surface area contributed by atoms with Crippen LogP contribution in [0.3, 0.4) is 0 Å². The molecule has 33 heavy (non-hydrogen) atoms. The summed E-state index contributed by atoms with van der Waals surface area (Å²) >= 11 is 0. The summed E-state index contributed by atoms with van der Waals surface area (Å²) in [7, 11) is 0. The summed E-state index contributed by atoms with van der Waals surface area (Å²) in [5, 5.41) is 3.02. The Kier molecular flexibility index (Phi) is 6.36. The third-order valence-electron chi connectivity index (χ3n) is 8.14. The third-order valence-corrected chi connectivity index (χ3v) is 8.14. The number of nitrogens with zero attached hydrogens (tertiary/aromatic N) is 1. The lowest BCUT2D eigenvalue weighted by atomic mass is 9.51. The van der Waals surface area contributed by atoms with Gasteiger partial charge in [0, 0.05) is 36.2 Å². The van der Waals surface area contributed by atoms with Gasteiger partial charge >= 0.3 is 0 Å². The Bertz CT molecular complexity index is 1030. The Morgan fingerprint density at radius 3 is 2.52 bits per heavy atom. The van der Waals surface area contributed by atoms with Crippen LogP contribution in [-0.4, -0.2) is 36.0 Å². The molecule has 0 spiro atoms. The third kappa shape index (κ3) is 4.19. The van der Waals surface area contributed by atoms with Crippen LogP contribution < -0.4 is 5.32 Å². The topological polar surface area (TPSA) is 41.6 Å². The Balaban J connectivity index is 1.55. The van der Waals surface area contributed by atoms with E-state index >= 15 is 0 Å². The van der Waals surface area contributed by atoms with Gasteiger partial charge in [0.25, 0.3) is 0 Å². The molecule has 2 aliphatic rings. The van der Waals surface area contributed by atoms with Crippen molar-refractivity contribution in [2.75, 3.05) is 18.4 Å². The normalized spacial score (nSPS) is 24.8. The highest BCUT2D eigenvalue weighted by molar-refractivity contribution is 5.90. The second kappa shape index (κ2) is 8.80. The van der Waals surface area contributed by atoms with Crippen LogP contribution in [0.1, 0.15) is 57.7 Å². The molecule has 4 nitrogen and oxygen atoms in total. The maximum absolute atomic E-state index is 14.0. The Morgan fingerprint density at radius 2 is 1.85 bits per heavy atom. The number of hydrogen-bond acceptors (Lipinski definition) is 3. The number of amides is 1. The Hall–Kier alpha value is -2.31. The van der Waals surface area contributed by atoms with E-state index < -0.39 is 11.6 Å². The first-order chi connectivity index (χ1) is 15.5. The van der Waals surface area contributed by atoms with Gasteiger partial charge < -0.3 is 10.1 Å². The van der Waals surface area contributed by atoms with E-state index in [0.717, 1.165) is 25.1 Å². The quantitative estimate of drug-likeness (QED) is 0.629. The molecule has 0 unspecified atom stereocenters. The van der Waals surface area contributed by atoms with Crippen LogP contribution in [-0.2, 0) is 28.0 Å². The molecule has 1 fully saturated rings. The predicted molar refractivity (Wildman–Crippen MR) is 126 cm³/mol. The minimum atomic E-state index is -0.577. The Labute approximate surface area is 195 Å². The largest absolute Gasteiger partial charge is 0.372 e. The van der Waals surface area contributed by atoms with Gasteiger partial charge in [-0.1, -0.05) is 39.0 Å². The molecule has 3 atom stereocenters. The monoisotopic (exact) mass is 456 g/mol. The molecule has 6 heteroatoms. The van der Waals surface area contributed by atoms with Crippen molar-refractivity contribution in [3.8, 4) is 0 Å². The van der Waals surface area contributed by atoms with Gasteiger partial charge in [0.15, 0.2) is 0 Å². The second-order valence-corrected chi connectivity index (χ2v) is 10.4. The van der Waals surface area contributed by atoms with E-state index in [1.54, 1.807) is 6.92 Å². The summed E-state index contributed by atoms with van der Waals surface area (Å²) in [6, 6.07) is 10.4. The number of piperidine rings is 1. The number of hydrogen-bond donors (Lipinski definition) is 1. The summed E-state index contributed by atoms with van der Waals surface area (Å²) < 4.78 is 33.8. The van der Waals surface area contributed by atoms with Gasteiger partial charge in [0.05, 0.1) is 12.7 Å². The fraction of sp³-hybridized carbons (Fsp3) is 0.519. The van der Waals surface area contributed by atoms with Crippen LogP contribution >= 0.6 is 0 Å². The van der Waals surface area contributed by atoms with Gasteiger partial charge in [-0.25, -0.2) is 8.78 Å². The van der Waals surface area contributed by atoms with Crippen LogP contribution in [0.4, 0.5) is 14.5 Å². The number of carbonyl (C=O) groups excluding carboxylic acids is 1. The van der Waals surface area contributed by atoms with Gasteiger partial charge in [-0.3, -0.25) is 9.69 Å². The number of fused-ring (bicyclic) bond motifs is 4. The average molecular weight is 457 g/mol. The van der Waals surface area contributed by atoms with E-state index in [-0.39, 0.29) is 41.1 Å². The molecule has 2 aromatic carbocycles. The molecular weight excluding hydrogens is 422 g/mol. The van der Waals surface area contributed by atoms with Gasteiger partial charge in [0.1, 0.15) is 11.6 Å². The van der Waals surface area contributed by atoms with Crippen LogP contribution in [0.15, 0.2) is 36.4 Å². The van der Waals surface area contributed by atoms with Crippen molar-refractivity contribution < 1.29 is 18.3 Å². The number of benzene rings is 2. The van der Waals surface area contributed by atoms with Gasteiger partial charge in [-0.2, -0.15) is 0 Å². The number of anilines is 1. The smallest absolute Gasteiger partial charge is 0.221 e. The van der Waals surface area contributed by atoms with E-state index in [2.05, 4.69) is 37.1 Å². The maximum atomic E-state index is 14.0. The number of likely N-dealkylation sites (tertiary alicyclic amines) is 1. The lowest BCUT2D eigenvalue weighted by molar-refractivity contribution is -0.114. The van der Waals surface area contributed by atoms with Crippen molar-refractivity contribution in [3.05, 3.63) is 64.7 Å². The molecule has 1 saturated heterocycles. The van der Waals surface area contributed by atoms with Crippen LogP contribution in [0.2, 0.25) is 0 Å². The Morgan fingerprint density at radius 1 is 1.18 bits per heavy atom. The molecule has 0 radical (unpaired) electrons. The number of nitrogens with one attached hydrogen (secondary N) is 1. The standard InChI is InChI=1S/C27H34F2N2O2/c1-17(33-16-20-22(28)9-7-10-23(20)29)15-31-13-12-27(5)21-8-6-11-24(30-18(2)32)19(21)14-25(31)26(27,3)4/h6-11,17,25H,12-16H2,1-5H3,(H,30,32)/t17-,25+,27-/m0/s1. The summed E-state index contributed by atoms with van der Waals surface area (Å²) in [5.41, 5.74) is 3.40. The predicted octanol–water partition coefficient (Wildman–Crippen LogP) is 5.44. The minimum absolute atomic E-state index is 0.00443. The fourth-order valence-electron chi connectivity index (χ4n) is 5.86. The van der Waals surface area contributed by atoms with Crippen molar-refractivity contribution in [2.45, 2.75) is 71.6 Å². The number of ether oxygens (including phenoxy) is 1. The van der Waals surface area contributed by atoms with E-state index in [1.165, 1.54) is 29.3 Å². The minimum Gasteiger partial charge on any atom is -0.372 e. The number of halogens is 2. The van der Waals surface area contributed by atoms with Crippen LogP contribution in [0, 0.1) is 17.0 Å². The molecule has 1 aliphatic heterocycles. The van der Waals surface area contributed by atoms with E-state index in [4.69, 9.17) is 4.74 Å². The highest BCUT2D eigenvalue weighted by Gasteiger charge is 2.56. The first-order valence-corrected chi connectivity index (χ1v) is 11.7. The van der Waals surface area contributed by atoms with E-state index in [9.17, 15) is 13.6 Å². The van der Waals surface area contributed by atoms with Crippen molar-refractivity contribution in [2.24, 2.45) is 5.41 Å². The summed E-state index contributed by atoms with van der Waals surface area (Å²) in [6.07, 6.45) is 1.64. The first-order valence-electron chi connectivity index (χ1n) is 11.7. The SMILES string of the molecule is CC(=O)Nc1cccc2c1C[C@H]1N(C[C@H](C)OCc3c(F)cccc3F)CC[C@]2(C)C1(C)C. The molecular formula is C27H34F2N2O2. The van der Waals surface area contributed by atoms with Crippen molar-refractivity contribution in [1.29, 1.82) is 0 Å². The molecule has 4 rings (SSSR count). The molecule has 0 saturated carbocycles. The number of rotatable bonds is 6. The van der Waals surface area contributed by atoms with Crippen LogP contribution in [0.25, 0.3) is 0 Å². The summed E-state index contributed by atoms with van der Waals surface area (Å²) in [5.74, 6) is -1.22. The zero-order valence-electron chi connectivity index (χ0n) is 20.2. The van der Waals surface area contributed by atoms with Crippen molar-refractivity contribution in [1.82, 2.24) is 4.90 Å². The van der Waals surface area contributed by atoms with Crippen LogP contribution in [0.5, 0.6) is 0 Å². The molecule has 1 heterocycles. The number of carbonyl (C=O) groups is 1. The van der Waals surface area contributed by atoms with E-state index in [0.29, 0.717) is 6.54 Å². The summed E-state index contributed by atoms with van der Waals surface area (Å²) in [4.78, 5) is 14.3. The fourth-order valence-corrected chi connectivity index (χ4v) is 5.86. The molecule has 2 aromatic rings. The zero-order valence-corrected chi connectivity index (χ0v) is 20.2. The van der Waals surface area contributed by atoms with Gasteiger partial charge in [0.2, 0.25) is 5.91 Å². The second-order valence-electron chi connectivity index (χ2n) is 10.4. The molecule has 2 bridgehead atoms. The molecule has 178 valence electrons. The average Bonchev–Trinajstić information content (AvgIpc) is 2.72. The first kappa shape index (κ1) is 23.8. The summed E-state index contributed by atoms with van der Waals surface area (Å²) in [6.45, 7) is 12.0. The van der Waals surface area contributed by atoms with Crippen molar-refractivity contribution in [3.63, 3.8) is 0 Å². The lowest BCUT2D eigenvalue weighted by Crippen LogP contribution is -2.64. The lowest BCUT2D eigenvalue weighted by Gasteiger charge is -2.61.